The number of hydrogen-bond donors (Lipinski definition) is 1. The van der Waals surface area contributed by atoms with Crippen molar-refractivity contribution in [1.29, 1.82) is 0 Å². The first-order valence-electron chi connectivity index (χ1n) is 11.5. The van der Waals surface area contributed by atoms with E-state index in [1.807, 2.05) is 26.8 Å². The highest BCUT2D eigenvalue weighted by molar-refractivity contribution is 5.92. The van der Waals surface area contributed by atoms with Gasteiger partial charge in [0.15, 0.2) is 0 Å². The van der Waals surface area contributed by atoms with E-state index in [2.05, 4.69) is 0 Å². The highest BCUT2D eigenvalue weighted by Gasteiger charge is 2.32. The van der Waals surface area contributed by atoms with Gasteiger partial charge in [-0.15, -0.1) is 0 Å². The van der Waals surface area contributed by atoms with Crippen LogP contribution in [0.5, 0.6) is 11.5 Å². The van der Waals surface area contributed by atoms with Crippen molar-refractivity contribution in [3.63, 3.8) is 0 Å². The Labute approximate surface area is 192 Å². The van der Waals surface area contributed by atoms with Gasteiger partial charge in [0.25, 0.3) is 0 Å². The van der Waals surface area contributed by atoms with Gasteiger partial charge in [-0.3, -0.25) is 9.59 Å². The number of amides is 1. The number of hydrogen-bond acceptors (Lipinski definition) is 6. The summed E-state index contributed by atoms with van der Waals surface area (Å²) in [5.41, 5.74) is 1.75. The minimum absolute atomic E-state index is 0.119. The van der Waals surface area contributed by atoms with Gasteiger partial charge in [0, 0.05) is 36.7 Å². The molecule has 0 spiro atoms. The maximum absolute atomic E-state index is 12.9. The van der Waals surface area contributed by atoms with Crippen LogP contribution in [-0.4, -0.2) is 47.7 Å². The van der Waals surface area contributed by atoms with Gasteiger partial charge in [0.1, 0.15) is 22.7 Å². The van der Waals surface area contributed by atoms with Crippen LogP contribution < -0.4 is 15.1 Å². The molecule has 1 aromatic carbocycles. The van der Waals surface area contributed by atoms with Crippen LogP contribution in [0.25, 0.3) is 11.0 Å². The van der Waals surface area contributed by atoms with Crippen molar-refractivity contribution in [2.75, 3.05) is 20.2 Å². The molecule has 1 fully saturated rings. The molecule has 0 saturated carbocycles. The third-order valence-electron chi connectivity index (χ3n) is 6.87. The van der Waals surface area contributed by atoms with E-state index in [0.717, 1.165) is 29.4 Å². The lowest BCUT2D eigenvalue weighted by Gasteiger charge is -2.33. The number of fused-ring (bicyclic) bond motifs is 3. The first-order valence-corrected chi connectivity index (χ1v) is 11.5. The molecule has 0 aliphatic carbocycles. The Bertz CT molecular complexity index is 1160. The summed E-state index contributed by atoms with van der Waals surface area (Å²) in [6.45, 7) is 6.66. The van der Waals surface area contributed by atoms with E-state index < -0.39 is 17.5 Å². The summed E-state index contributed by atoms with van der Waals surface area (Å²) < 4.78 is 17.5. The zero-order valence-electron chi connectivity index (χ0n) is 19.7. The van der Waals surface area contributed by atoms with E-state index in [9.17, 15) is 19.5 Å². The minimum atomic E-state index is -0.874. The second kappa shape index (κ2) is 8.72. The summed E-state index contributed by atoms with van der Waals surface area (Å²) in [4.78, 5) is 38.6. The van der Waals surface area contributed by atoms with Gasteiger partial charge in [-0.1, -0.05) is 0 Å². The van der Waals surface area contributed by atoms with Gasteiger partial charge in [-0.2, -0.15) is 0 Å². The molecule has 8 heteroatoms. The van der Waals surface area contributed by atoms with Crippen molar-refractivity contribution in [2.24, 2.45) is 5.92 Å². The number of likely N-dealkylation sites (tertiary alicyclic amines) is 1. The average Bonchev–Trinajstić information content (AvgIpc) is 2.77. The molecule has 0 radical (unpaired) electrons. The van der Waals surface area contributed by atoms with Gasteiger partial charge < -0.3 is 23.9 Å². The summed E-state index contributed by atoms with van der Waals surface area (Å²) in [6.07, 6.45) is 3.11. The Balaban J connectivity index is 1.64. The molecule has 8 nitrogen and oxygen atoms in total. The molecule has 2 aromatic rings. The van der Waals surface area contributed by atoms with E-state index in [0.29, 0.717) is 42.0 Å². The molecule has 33 heavy (non-hydrogen) atoms. The number of carbonyl (C=O) groups excluding carboxylic acids is 1. The summed E-state index contributed by atoms with van der Waals surface area (Å²) in [6, 6.07) is 1.85. The van der Waals surface area contributed by atoms with Gasteiger partial charge in [0.2, 0.25) is 5.91 Å². The number of carbonyl (C=O) groups is 2. The number of methoxy groups -OCH3 is 1. The van der Waals surface area contributed by atoms with Crippen molar-refractivity contribution < 1.29 is 28.6 Å². The van der Waals surface area contributed by atoms with Gasteiger partial charge in [-0.25, -0.2) is 4.79 Å². The molecule has 2 aliphatic rings. The molecule has 1 saturated heterocycles. The van der Waals surface area contributed by atoms with E-state index in [4.69, 9.17) is 13.9 Å². The molecular formula is C25H31NO7. The Kier molecular flexibility index (Phi) is 6.12. The number of benzene rings is 1. The Morgan fingerprint density at radius 3 is 2.79 bits per heavy atom. The fourth-order valence-electron chi connectivity index (χ4n) is 4.93. The zero-order valence-corrected chi connectivity index (χ0v) is 19.7. The molecular weight excluding hydrogens is 426 g/mol. The maximum Gasteiger partial charge on any atom is 0.339 e. The molecule has 1 amide bonds. The highest BCUT2D eigenvalue weighted by Crippen LogP contribution is 2.43. The second-order valence-electron chi connectivity index (χ2n) is 9.63. The average molecular weight is 458 g/mol. The van der Waals surface area contributed by atoms with Crippen LogP contribution in [0.4, 0.5) is 0 Å². The number of rotatable bonds is 5. The minimum Gasteiger partial charge on any atom is -0.496 e. The number of nitrogens with zero attached hydrogens (tertiary/aromatic N) is 1. The Morgan fingerprint density at radius 1 is 1.33 bits per heavy atom. The van der Waals surface area contributed by atoms with Crippen molar-refractivity contribution in [3.8, 4) is 11.5 Å². The fraction of sp³-hybridized carbons (Fsp3) is 0.560. The number of carboxylic acids is 1. The normalized spacial score (nSPS) is 19.6. The summed E-state index contributed by atoms with van der Waals surface area (Å²) in [5.74, 6) is -0.318. The topological polar surface area (TPSA) is 106 Å². The van der Waals surface area contributed by atoms with Crippen molar-refractivity contribution >= 4 is 22.8 Å². The standard InChI is InChI=1S/C25H31NO7/c1-14-16(7-8-20(27)26-11-5-6-15(13-26)23(28)29)24(30)32-22-17-9-10-25(2,3)33-18(17)12-19(31-4)21(14)22/h12,15H,5-11,13H2,1-4H3,(H,28,29)/t15-/m0/s1. The van der Waals surface area contributed by atoms with Crippen LogP contribution in [0, 0.1) is 12.8 Å². The number of ether oxygens (including phenoxy) is 2. The van der Waals surface area contributed by atoms with Crippen molar-refractivity contribution in [1.82, 2.24) is 4.90 Å². The van der Waals surface area contributed by atoms with Gasteiger partial charge >= 0.3 is 11.6 Å². The lowest BCUT2D eigenvalue weighted by molar-refractivity contribution is -0.145. The van der Waals surface area contributed by atoms with Gasteiger partial charge in [0.05, 0.1) is 18.4 Å². The lowest BCUT2D eigenvalue weighted by Crippen LogP contribution is -2.42. The van der Waals surface area contributed by atoms with Crippen LogP contribution in [0.15, 0.2) is 15.3 Å². The summed E-state index contributed by atoms with van der Waals surface area (Å²) in [7, 11) is 1.57. The molecule has 3 heterocycles. The smallest absolute Gasteiger partial charge is 0.339 e. The van der Waals surface area contributed by atoms with Gasteiger partial charge in [-0.05, 0) is 58.4 Å². The first kappa shape index (κ1) is 23.1. The fourth-order valence-corrected chi connectivity index (χ4v) is 4.93. The van der Waals surface area contributed by atoms with Crippen LogP contribution in [-0.2, 0) is 22.4 Å². The molecule has 4 rings (SSSR count). The van der Waals surface area contributed by atoms with Crippen LogP contribution in [0.1, 0.15) is 56.2 Å². The molecule has 1 N–H and O–H groups in total. The maximum atomic E-state index is 12.9. The predicted octanol–water partition coefficient (Wildman–Crippen LogP) is 3.47. The SMILES string of the molecule is COc1cc2c(c3oc(=O)c(CCC(=O)N4CCC[C@H](C(=O)O)C4)c(C)c13)CCC(C)(C)O2. The third-order valence-corrected chi connectivity index (χ3v) is 6.87. The number of piperidine rings is 1. The largest absolute Gasteiger partial charge is 0.496 e. The molecule has 1 aromatic heterocycles. The van der Waals surface area contributed by atoms with Crippen molar-refractivity contribution in [2.45, 2.75) is 64.9 Å². The summed E-state index contributed by atoms with van der Waals surface area (Å²) in [5, 5.41) is 10.00. The zero-order chi connectivity index (χ0) is 23.9. The molecule has 0 bridgehead atoms. The summed E-state index contributed by atoms with van der Waals surface area (Å²) >= 11 is 0. The lowest BCUT2D eigenvalue weighted by atomic mass is 9.91. The van der Waals surface area contributed by atoms with E-state index in [-0.39, 0.29) is 30.9 Å². The number of aryl methyl sites for hydroxylation is 2. The Hall–Kier alpha value is -3.03. The van der Waals surface area contributed by atoms with Crippen LogP contribution in [0.3, 0.4) is 0 Å². The molecule has 2 aliphatic heterocycles. The van der Waals surface area contributed by atoms with Crippen molar-refractivity contribution in [3.05, 3.63) is 33.2 Å². The van der Waals surface area contributed by atoms with E-state index in [1.165, 1.54) is 0 Å². The number of aliphatic carboxylic acids is 1. The highest BCUT2D eigenvalue weighted by atomic mass is 16.5. The molecule has 1 atom stereocenters. The molecule has 0 unspecified atom stereocenters. The van der Waals surface area contributed by atoms with Crippen LogP contribution in [0.2, 0.25) is 0 Å². The monoisotopic (exact) mass is 457 g/mol. The number of carboxylic acid groups (broad SMARTS) is 1. The van der Waals surface area contributed by atoms with E-state index in [1.54, 1.807) is 12.0 Å². The van der Waals surface area contributed by atoms with Crippen LogP contribution >= 0.6 is 0 Å². The Morgan fingerprint density at radius 2 is 2.09 bits per heavy atom. The predicted molar refractivity (Wildman–Crippen MR) is 122 cm³/mol. The third kappa shape index (κ3) is 4.43. The first-order chi connectivity index (χ1) is 15.6. The molecule has 178 valence electrons. The van der Waals surface area contributed by atoms with E-state index >= 15 is 0 Å². The second-order valence-corrected chi connectivity index (χ2v) is 9.63. The quantitative estimate of drug-likeness (QED) is 0.685.